The molecule has 0 bridgehead atoms. The quantitative estimate of drug-likeness (QED) is 0.686. The van der Waals surface area contributed by atoms with Gasteiger partial charge in [0.2, 0.25) is 0 Å². The fourth-order valence-electron chi connectivity index (χ4n) is 3.06. The van der Waals surface area contributed by atoms with Crippen LogP contribution in [0.5, 0.6) is 0 Å². The molecule has 1 fully saturated rings. The number of hydrogen-bond acceptors (Lipinski definition) is 4. The Balaban J connectivity index is 2.43. The average molecular weight is 294 g/mol. The van der Waals surface area contributed by atoms with E-state index in [4.69, 9.17) is 10.5 Å². The van der Waals surface area contributed by atoms with E-state index < -0.39 is 5.97 Å². The molecule has 1 aromatic rings. The zero-order valence-corrected chi connectivity index (χ0v) is 12.9. The number of nitrogens with two attached hydrogens (primary N) is 1. The normalized spacial score (nSPS) is 22.2. The zero-order chi connectivity index (χ0) is 15.6. The van der Waals surface area contributed by atoms with Crippen molar-refractivity contribution in [1.82, 2.24) is 0 Å². The van der Waals surface area contributed by atoms with Crippen LogP contribution in [0, 0.1) is 5.82 Å². The van der Waals surface area contributed by atoms with Crippen LogP contribution < -0.4 is 10.6 Å². The second-order valence-electron chi connectivity index (χ2n) is 5.65. The van der Waals surface area contributed by atoms with Crippen molar-refractivity contribution in [3.8, 4) is 0 Å². The molecule has 1 heterocycles. The van der Waals surface area contributed by atoms with Gasteiger partial charge in [-0.05, 0) is 52.2 Å². The highest BCUT2D eigenvalue weighted by Crippen LogP contribution is 2.33. The van der Waals surface area contributed by atoms with Crippen molar-refractivity contribution >= 4 is 17.3 Å². The van der Waals surface area contributed by atoms with E-state index in [1.54, 1.807) is 6.92 Å². The minimum atomic E-state index is -0.506. The van der Waals surface area contributed by atoms with E-state index in [0.717, 1.165) is 19.3 Å². The molecule has 0 saturated carbocycles. The molecule has 1 aliphatic rings. The monoisotopic (exact) mass is 294 g/mol. The Labute approximate surface area is 125 Å². The van der Waals surface area contributed by atoms with Gasteiger partial charge in [-0.2, -0.15) is 0 Å². The van der Waals surface area contributed by atoms with Crippen molar-refractivity contribution in [3.63, 3.8) is 0 Å². The smallest absolute Gasteiger partial charge is 0.340 e. The Morgan fingerprint density at radius 1 is 1.38 bits per heavy atom. The molecule has 1 saturated heterocycles. The van der Waals surface area contributed by atoms with E-state index >= 15 is 0 Å². The summed E-state index contributed by atoms with van der Waals surface area (Å²) in [6.45, 7) is 6.15. The first-order chi connectivity index (χ1) is 9.95. The van der Waals surface area contributed by atoms with E-state index in [-0.39, 0.29) is 35.8 Å². The number of ether oxygens (including phenoxy) is 1. The maximum absolute atomic E-state index is 14.3. The first-order valence-electron chi connectivity index (χ1n) is 7.50. The molecule has 21 heavy (non-hydrogen) atoms. The van der Waals surface area contributed by atoms with Crippen molar-refractivity contribution in [2.24, 2.45) is 0 Å². The van der Waals surface area contributed by atoms with Crippen LogP contribution in [0.1, 0.15) is 50.4 Å². The van der Waals surface area contributed by atoms with Gasteiger partial charge in [0.1, 0.15) is 5.82 Å². The van der Waals surface area contributed by atoms with E-state index in [9.17, 15) is 9.18 Å². The number of carbonyl (C=O) groups excluding carboxylic acids is 1. The van der Waals surface area contributed by atoms with Gasteiger partial charge in [-0.3, -0.25) is 0 Å². The third kappa shape index (κ3) is 3.12. The number of rotatable bonds is 3. The van der Waals surface area contributed by atoms with E-state index in [1.165, 1.54) is 12.1 Å². The van der Waals surface area contributed by atoms with Crippen molar-refractivity contribution in [3.05, 3.63) is 23.5 Å². The molecule has 1 aliphatic heterocycles. The van der Waals surface area contributed by atoms with Crippen LogP contribution in [-0.2, 0) is 4.74 Å². The highest BCUT2D eigenvalue weighted by Gasteiger charge is 2.28. The van der Waals surface area contributed by atoms with Crippen molar-refractivity contribution < 1.29 is 13.9 Å². The van der Waals surface area contributed by atoms with E-state index in [2.05, 4.69) is 13.8 Å². The predicted molar refractivity (Wildman–Crippen MR) is 82.0 cm³/mol. The first-order valence-corrected chi connectivity index (χ1v) is 7.50. The first kappa shape index (κ1) is 15.6. The van der Waals surface area contributed by atoms with Gasteiger partial charge in [-0.15, -0.1) is 0 Å². The molecular formula is C16H23FN2O2. The number of carbonyl (C=O) groups is 1. The molecule has 0 spiro atoms. The number of anilines is 2. The summed E-state index contributed by atoms with van der Waals surface area (Å²) >= 11 is 0. The molecule has 116 valence electrons. The maximum Gasteiger partial charge on any atom is 0.340 e. The maximum atomic E-state index is 14.3. The topological polar surface area (TPSA) is 55.6 Å². The van der Waals surface area contributed by atoms with Crippen LogP contribution in [0.15, 0.2) is 12.1 Å². The lowest BCUT2D eigenvalue weighted by Gasteiger charge is -2.41. The Hall–Kier alpha value is -1.78. The molecule has 0 unspecified atom stereocenters. The number of hydrogen-bond donors (Lipinski definition) is 1. The highest BCUT2D eigenvalue weighted by molar-refractivity contribution is 5.96. The fraction of sp³-hybridized carbons (Fsp3) is 0.562. The summed E-state index contributed by atoms with van der Waals surface area (Å²) in [7, 11) is 0. The Morgan fingerprint density at radius 3 is 2.57 bits per heavy atom. The van der Waals surface area contributed by atoms with Crippen LogP contribution in [0.25, 0.3) is 0 Å². The molecule has 0 aliphatic carbocycles. The molecule has 2 atom stereocenters. The van der Waals surface area contributed by atoms with Crippen LogP contribution in [0.3, 0.4) is 0 Å². The zero-order valence-electron chi connectivity index (χ0n) is 12.9. The molecule has 2 rings (SSSR count). The van der Waals surface area contributed by atoms with Crippen LogP contribution >= 0.6 is 0 Å². The number of nitrogen functional groups attached to an aromatic ring is 1. The number of esters is 1. The van der Waals surface area contributed by atoms with Gasteiger partial charge in [-0.1, -0.05) is 0 Å². The molecular weight excluding hydrogens is 271 g/mol. The van der Waals surface area contributed by atoms with Gasteiger partial charge in [0, 0.05) is 17.8 Å². The third-order valence-electron chi connectivity index (χ3n) is 4.09. The van der Waals surface area contributed by atoms with E-state index in [0.29, 0.717) is 5.69 Å². The molecule has 2 N–H and O–H groups in total. The Kier molecular flexibility index (Phi) is 4.70. The lowest BCUT2D eigenvalue weighted by molar-refractivity contribution is 0.0527. The summed E-state index contributed by atoms with van der Waals surface area (Å²) < 4.78 is 19.3. The number of halogens is 1. The minimum absolute atomic E-state index is 0.118. The highest BCUT2D eigenvalue weighted by atomic mass is 19.1. The predicted octanol–water partition coefficient (Wildman–Crippen LogP) is 3.35. The standard InChI is InChI=1S/C16H23FN2O2/c1-4-21-16(20)12-8-15(13(17)9-14(12)18)19-10(2)6-5-7-11(19)3/h8-11H,4-7,18H2,1-3H3/t10-,11+. The third-order valence-corrected chi connectivity index (χ3v) is 4.09. The summed E-state index contributed by atoms with van der Waals surface area (Å²) in [4.78, 5) is 14.0. The number of piperidine rings is 1. The minimum Gasteiger partial charge on any atom is -0.462 e. The van der Waals surface area contributed by atoms with Crippen molar-refractivity contribution in [1.29, 1.82) is 0 Å². The molecule has 0 amide bonds. The summed E-state index contributed by atoms with van der Waals surface area (Å²) in [6.07, 6.45) is 3.17. The Bertz CT molecular complexity index is 523. The molecule has 0 aromatic heterocycles. The SMILES string of the molecule is CCOC(=O)c1cc(N2[C@H](C)CCC[C@@H]2C)c(F)cc1N. The van der Waals surface area contributed by atoms with Gasteiger partial charge in [0.15, 0.2) is 0 Å². The second-order valence-corrected chi connectivity index (χ2v) is 5.65. The Morgan fingerprint density at radius 2 is 2.00 bits per heavy atom. The van der Waals surface area contributed by atoms with Crippen molar-refractivity contribution in [2.75, 3.05) is 17.2 Å². The van der Waals surface area contributed by atoms with Gasteiger partial charge >= 0.3 is 5.97 Å². The second kappa shape index (κ2) is 6.33. The number of benzene rings is 1. The van der Waals surface area contributed by atoms with Crippen LogP contribution in [-0.4, -0.2) is 24.7 Å². The summed E-state index contributed by atoms with van der Waals surface area (Å²) in [5.41, 5.74) is 6.55. The van der Waals surface area contributed by atoms with E-state index in [1.807, 2.05) is 4.90 Å². The van der Waals surface area contributed by atoms with Crippen LogP contribution in [0.2, 0.25) is 0 Å². The molecule has 1 aromatic carbocycles. The summed E-state index contributed by atoms with van der Waals surface area (Å²) in [6, 6.07) is 3.22. The van der Waals surface area contributed by atoms with Gasteiger partial charge in [0.25, 0.3) is 0 Å². The van der Waals surface area contributed by atoms with Gasteiger partial charge < -0.3 is 15.4 Å². The van der Waals surface area contributed by atoms with Gasteiger partial charge in [-0.25, -0.2) is 9.18 Å². The fourth-order valence-corrected chi connectivity index (χ4v) is 3.06. The van der Waals surface area contributed by atoms with Crippen molar-refractivity contribution in [2.45, 2.75) is 52.1 Å². The molecule has 4 nitrogen and oxygen atoms in total. The largest absolute Gasteiger partial charge is 0.462 e. The summed E-state index contributed by atoms with van der Waals surface area (Å²) in [5.74, 6) is -0.894. The lowest BCUT2D eigenvalue weighted by Crippen LogP contribution is -2.44. The number of nitrogens with zero attached hydrogens (tertiary/aromatic N) is 1. The molecule has 0 radical (unpaired) electrons. The molecule has 5 heteroatoms. The average Bonchev–Trinajstić information content (AvgIpc) is 2.41. The lowest BCUT2D eigenvalue weighted by atomic mass is 9.96. The van der Waals surface area contributed by atoms with Gasteiger partial charge in [0.05, 0.1) is 17.9 Å². The summed E-state index contributed by atoms with van der Waals surface area (Å²) in [5, 5.41) is 0. The van der Waals surface area contributed by atoms with Crippen LogP contribution in [0.4, 0.5) is 15.8 Å².